The third-order valence-electron chi connectivity index (χ3n) is 5.47. The van der Waals surface area contributed by atoms with Crippen LogP contribution >= 0.6 is 0 Å². The minimum absolute atomic E-state index is 0.0117. The highest BCUT2D eigenvalue weighted by molar-refractivity contribution is 5.95. The summed E-state index contributed by atoms with van der Waals surface area (Å²) >= 11 is 0. The van der Waals surface area contributed by atoms with Crippen LogP contribution in [0.15, 0.2) is 29.3 Å². The molecule has 2 N–H and O–H groups in total. The van der Waals surface area contributed by atoms with E-state index in [0.717, 1.165) is 63.6 Å². The second-order valence-corrected chi connectivity index (χ2v) is 8.00. The zero-order chi connectivity index (χ0) is 22.1. The van der Waals surface area contributed by atoms with Crippen LogP contribution < -0.4 is 15.5 Å². The molecule has 0 bridgehead atoms. The third kappa shape index (κ3) is 7.22. The number of ether oxygens (including phenoxy) is 1. The van der Waals surface area contributed by atoms with E-state index in [9.17, 15) is 9.59 Å². The van der Waals surface area contributed by atoms with Gasteiger partial charge in [-0.25, -0.2) is 4.99 Å². The summed E-state index contributed by atoms with van der Waals surface area (Å²) < 4.78 is 5.39. The Morgan fingerprint density at radius 1 is 1.13 bits per heavy atom. The van der Waals surface area contributed by atoms with Crippen LogP contribution in [0.1, 0.15) is 18.4 Å². The minimum Gasteiger partial charge on any atom is -0.379 e. The number of amides is 2. The van der Waals surface area contributed by atoms with Gasteiger partial charge in [0.1, 0.15) is 0 Å². The fourth-order valence-electron chi connectivity index (χ4n) is 3.52. The van der Waals surface area contributed by atoms with Gasteiger partial charge < -0.3 is 25.2 Å². The average molecular weight is 431 g/mol. The number of rotatable bonds is 8. The highest BCUT2D eigenvalue weighted by Gasteiger charge is 2.21. The van der Waals surface area contributed by atoms with Gasteiger partial charge in [0, 0.05) is 58.9 Å². The molecule has 0 aromatic heterocycles. The first-order chi connectivity index (χ1) is 15.0. The number of carbonyl (C=O) groups excluding carboxylic acids is 2. The van der Waals surface area contributed by atoms with Crippen LogP contribution in [-0.2, 0) is 20.9 Å². The Hall–Kier alpha value is -2.65. The van der Waals surface area contributed by atoms with Gasteiger partial charge in [-0.05, 0) is 24.1 Å². The van der Waals surface area contributed by atoms with Crippen molar-refractivity contribution < 1.29 is 14.3 Å². The second-order valence-electron chi connectivity index (χ2n) is 8.00. The number of hydrogen-bond acceptors (Lipinski definition) is 5. The molecule has 2 aliphatic heterocycles. The van der Waals surface area contributed by atoms with Gasteiger partial charge in [-0.3, -0.25) is 14.5 Å². The number of aliphatic imine (C=N–C) groups is 1. The van der Waals surface area contributed by atoms with Crippen molar-refractivity contribution in [3.63, 3.8) is 0 Å². The molecule has 31 heavy (non-hydrogen) atoms. The van der Waals surface area contributed by atoms with Gasteiger partial charge in [0.05, 0.1) is 26.3 Å². The molecule has 1 aromatic rings. The predicted molar refractivity (Wildman–Crippen MR) is 121 cm³/mol. The van der Waals surface area contributed by atoms with Gasteiger partial charge in [0.15, 0.2) is 5.96 Å². The van der Waals surface area contributed by atoms with Crippen LogP contribution in [0, 0.1) is 0 Å². The second kappa shape index (κ2) is 11.7. The number of hydrogen-bond donors (Lipinski definition) is 2. The first-order valence-corrected chi connectivity index (χ1v) is 10.9. The van der Waals surface area contributed by atoms with Crippen molar-refractivity contribution in [2.75, 3.05) is 71.5 Å². The summed E-state index contributed by atoms with van der Waals surface area (Å²) in [6.07, 6.45) is 1.55. The molecule has 9 heteroatoms. The van der Waals surface area contributed by atoms with E-state index >= 15 is 0 Å². The number of guanidine groups is 1. The van der Waals surface area contributed by atoms with Crippen molar-refractivity contribution in [2.45, 2.75) is 19.4 Å². The van der Waals surface area contributed by atoms with Gasteiger partial charge in [-0.2, -0.15) is 0 Å². The Kier molecular flexibility index (Phi) is 8.66. The normalized spacial score (nSPS) is 17.7. The summed E-state index contributed by atoms with van der Waals surface area (Å²) in [4.78, 5) is 34.2. The molecular formula is C22H34N6O3. The molecule has 2 fully saturated rings. The van der Waals surface area contributed by atoms with Gasteiger partial charge in [-0.15, -0.1) is 0 Å². The highest BCUT2D eigenvalue weighted by Crippen LogP contribution is 2.21. The molecule has 0 unspecified atom stereocenters. The number of nitrogens with one attached hydrogen (secondary N) is 2. The molecule has 0 radical (unpaired) electrons. The van der Waals surface area contributed by atoms with Gasteiger partial charge in [0.25, 0.3) is 0 Å². The Morgan fingerprint density at radius 2 is 1.87 bits per heavy atom. The van der Waals surface area contributed by atoms with Crippen LogP contribution in [0.4, 0.5) is 5.69 Å². The molecule has 0 saturated carbocycles. The summed E-state index contributed by atoms with van der Waals surface area (Å²) in [7, 11) is 3.47. The molecule has 3 rings (SSSR count). The van der Waals surface area contributed by atoms with Crippen molar-refractivity contribution in [3.8, 4) is 0 Å². The highest BCUT2D eigenvalue weighted by atomic mass is 16.5. The van der Waals surface area contributed by atoms with Crippen LogP contribution in [0.3, 0.4) is 0 Å². The summed E-state index contributed by atoms with van der Waals surface area (Å²) in [5, 5.41) is 6.45. The topological polar surface area (TPSA) is 89.5 Å². The first kappa shape index (κ1) is 23.0. The standard InChI is InChI=1S/C22H34N6O3/c1-26(2)21(30)17-25-22(23-9-11-27-12-14-31-15-13-27)24-16-18-5-7-19(8-6-18)28-10-3-4-20(28)29/h5-8H,3-4,9-17H2,1-2H3,(H2,23,24,25). The van der Waals surface area contributed by atoms with E-state index in [4.69, 9.17) is 4.74 Å². The summed E-state index contributed by atoms with van der Waals surface area (Å²) in [6.45, 7) is 6.51. The zero-order valence-corrected chi connectivity index (χ0v) is 18.6. The molecule has 9 nitrogen and oxygen atoms in total. The number of carbonyl (C=O) groups is 2. The smallest absolute Gasteiger partial charge is 0.241 e. The summed E-state index contributed by atoms with van der Waals surface area (Å²) in [6, 6.07) is 7.95. The van der Waals surface area contributed by atoms with Crippen molar-refractivity contribution in [1.82, 2.24) is 20.4 Å². The summed E-state index contributed by atoms with van der Waals surface area (Å²) in [5.41, 5.74) is 1.98. The minimum atomic E-state index is -0.0117. The lowest BCUT2D eigenvalue weighted by atomic mass is 10.2. The Balaban J connectivity index is 1.55. The van der Waals surface area contributed by atoms with E-state index in [2.05, 4.69) is 20.5 Å². The van der Waals surface area contributed by atoms with E-state index in [-0.39, 0.29) is 18.4 Å². The molecule has 2 aliphatic rings. The molecule has 0 aliphatic carbocycles. The fraction of sp³-hybridized carbons (Fsp3) is 0.591. The van der Waals surface area contributed by atoms with Crippen LogP contribution in [-0.4, -0.2) is 94.2 Å². The fourth-order valence-corrected chi connectivity index (χ4v) is 3.52. The molecular weight excluding hydrogens is 396 g/mol. The van der Waals surface area contributed by atoms with Crippen molar-refractivity contribution in [3.05, 3.63) is 29.8 Å². The van der Waals surface area contributed by atoms with Gasteiger partial charge in [-0.1, -0.05) is 12.1 Å². The van der Waals surface area contributed by atoms with Gasteiger partial charge >= 0.3 is 0 Å². The Labute approximate surface area is 184 Å². The van der Waals surface area contributed by atoms with E-state index in [1.54, 1.807) is 19.0 Å². The van der Waals surface area contributed by atoms with E-state index in [0.29, 0.717) is 18.9 Å². The molecule has 0 spiro atoms. The van der Waals surface area contributed by atoms with Crippen molar-refractivity contribution in [1.29, 1.82) is 0 Å². The molecule has 2 heterocycles. The molecule has 170 valence electrons. The number of benzene rings is 1. The van der Waals surface area contributed by atoms with Crippen LogP contribution in [0.25, 0.3) is 0 Å². The lowest BCUT2D eigenvalue weighted by Gasteiger charge is -2.26. The first-order valence-electron chi connectivity index (χ1n) is 10.9. The summed E-state index contributed by atoms with van der Waals surface area (Å²) in [5.74, 6) is 0.789. The zero-order valence-electron chi connectivity index (χ0n) is 18.6. The molecule has 0 atom stereocenters. The molecule has 2 saturated heterocycles. The largest absolute Gasteiger partial charge is 0.379 e. The van der Waals surface area contributed by atoms with Crippen molar-refractivity contribution >= 4 is 23.5 Å². The number of nitrogens with zero attached hydrogens (tertiary/aromatic N) is 4. The lowest BCUT2D eigenvalue weighted by Crippen LogP contribution is -2.46. The monoisotopic (exact) mass is 430 g/mol. The number of morpholine rings is 1. The number of likely N-dealkylation sites (N-methyl/N-ethyl adjacent to an activating group) is 1. The third-order valence-corrected chi connectivity index (χ3v) is 5.47. The van der Waals surface area contributed by atoms with E-state index in [1.165, 1.54) is 0 Å². The Bertz CT molecular complexity index is 759. The average Bonchev–Trinajstić information content (AvgIpc) is 3.21. The maximum atomic E-state index is 12.0. The maximum absolute atomic E-state index is 12.0. The maximum Gasteiger partial charge on any atom is 0.241 e. The van der Waals surface area contributed by atoms with Crippen LogP contribution in [0.2, 0.25) is 0 Å². The Morgan fingerprint density at radius 3 is 2.52 bits per heavy atom. The molecule has 1 aromatic carbocycles. The lowest BCUT2D eigenvalue weighted by molar-refractivity contribution is -0.127. The van der Waals surface area contributed by atoms with E-state index < -0.39 is 0 Å². The van der Waals surface area contributed by atoms with Crippen molar-refractivity contribution in [2.24, 2.45) is 4.99 Å². The quantitative estimate of drug-likeness (QED) is 0.455. The predicted octanol–water partition coefficient (Wildman–Crippen LogP) is 0.269. The number of anilines is 1. The van der Waals surface area contributed by atoms with Crippen LogP contribution in [0.5, 0.6) is 0 Å². The van der Waals surface area contributed by atoms with Gasteiger partial charge in [0.2, 0.25) is 11.8 Å². The SMILES string of the molecule is CN(C)C(=O)CNC(=NCc1ccc(N2CCCC2=O)cc1)NCCN1CCOCC1. The van der Waals surface area contributed by atoms with E-state index in [1.807, 2.05) is 29.2 Å². The molecule has 2 amide bonds.